The molecule has 2 amide bonds. The largest absolute Gasteiger partial charge is 0.354 e. The third kappa shape index (κ3) is 5.02. The molecule has 7 heteroatoms. The summed E-state index contributed by atoms with van der Waals surface area (Å²) >= 11 is 0. The third-order valence-corrected chi connectivity index (χ3v) is 5.65. The van der Waals surface area contributed by atoms with Crippen LogP contribution in [0.5, 0.6) is 0 Å². The molecule has 156 valence electrons. The van der Waals surface area contributed by atoms with E-state index in [-0.39, 0.29) is 23.7 Å². The van der Waals surface area contributed by atoms with Gasteiger partial charge in [-0.2, -0.15) is 5.10 Å². The van der Waals surface area contributed by atoms with Crippen molar-refractivity contribution in [3.8, 4) is 0 Å². The topological polar surface area (TPSA) is 93.1 Å². The van der Waals surface area contributed by atoms with Crippen LogP contribution in [0.2, 0.25) is 0 Å². The minimum absolute atomic E-state index is 0.0639. The Balaban J connectivity index is 1.67. The summed E-state index contributed by atoms with van der Waals surface area (Å²) in [5.41, 5.74) is -0.231. The second kappa shape index (κ2) is 9.67. The zero-order chi connectivity index (χ0) is 20.7. The Morgan fingerprint density at radius 1 is 1.17 bits per heavy atom. The first kappa shape index (κ1) is 21.0. The van der Waals surface area contributed by atoms with Gasteiger partial charge in [0, 0.05) is 18.4 Å². The number of nitrogens with one attached hydrogen (secondary N) is 2. The number of amides is 2. The summed E-state index contributed by atoms with van der Waals surface area (Å²) in [7, 11) is 0. The zero-order valence-corrected chi connectivity index (χ0v) is 17.1. The fraction of sp³-hybridized carbons (Fsp3) is 0.545. The maximum Gasteiger partial charge on any atom is 0.245 e. The molecule has 1 aliphatic rings. The van der Waals surface area contributed by atoms with E-state index in [1.165, 1.54) is 6.20 Å². The van der Waals surface area contributed by atoms with Crippen molar-refractivity contribution < 1.29 is 9.59 Å². The quantitative estimate of drug-likeness (QED) is 0.668. The SMILES string of the molecule is CCCCNC(=O)C1(NC(=O)CCn2ncc(=O)c3ccccc32)CCCCC1. The molecule has 0 saturated heterocycles. The van der Waals surface area contributed by atoms with E-state index < -0.39 is 5.54 Å². The normalized spacial score (nSPS) is 15.8. The lowest BCUT2D eigenvalue weighted by atomic mass is 9.80. The zero-order valence-electron chi connectivity index (χ0n) is 17.1. The van der Waals surface area contributed by atoms with Gasteiger partial charge in [0.15, 0.2) is 0 Å². The minimum atomic E-state index is -0.803. The number of carbonyl (C=O) groups excluding carboxylic acids is 2. The van der Waals surface area contributed by atoms with Crippen molar-refractivity contribution in [3.63, 3.8) is 0 Å². The first-order chi connectivity index (χ1) is 14.1. The number of nitrogens with zero attached hydrogens (tertiary/aromatic N) is 2. The molecule has 3 rings (SSSR count). The average molecular weight is 399 g/mol. The number of fused-ring (bicyclic) bond motifs is 1. The Hall–Kier alpha value is -2.70. The fourth-order valence-corrected chi connectivity index (χ4v) is 3.99. The highest BCUT2D eigenvalue weighted by Gasteiger charge is 2.40. The molecule has 0 unspecified atom stereocenters. The molecule has 0 bridgehead atoms. The van der Waals surface area contributed by atoms with Gasteiger partial charge < -0.3 is 10.6 Å². The standard InChI is InChI=1S/C22H30N4O3/c1-2-3-14-23-21(29)22(12-7-4-8-13-22)25-20(28)11-15-26-18-10-6-5-9-17(18)19(27)16-24-26/h5-6,9-10,16H,2-4,7-8,11-15H2,1H3,(H,23,29)(H,25,28). The van der Waals surface area contributed by atoms with Crippen LogP contribution in [-0.4, -0.2) is 33.7 Å². The molecule has 7 nitrogen and oxygen atoms in total. The molecule has 2 N–H and O–H groups in total. The van der Waals surface area contributed by atoms with E-state index in [1.54, 1.807) is 10.7 Å². The van der Waals surface area contributed by atoms with Gasteiger partial charge in [-0.15, -0.1) is 0 Å². The molecule has 0 spiro atoms. The van der Waals surface area contributed by atoms with E-state index in [2.05, 4.69) is 22.7 Å². The van der Waals surface area contributed by atoms with Crippen LogP contribution in [0.3, 0.4) is 0 Å². The molecule has 0 atom stereocenters. The summed E-state index contributed by atoms with van der Waals surface area (Å²) in [6.07, 6.45) is 7.74. The van der Waals surface area contributed by atoms with Crippen molar-refractivity contribution in [1.29, 1.82) is 0 Å². The van der Waals surface area contributed by atoms with E-state index >= 15 is 0 Å². The lowest BCUT2D eigenvalue weighted by Crippen LogP contribution is -2.59. The maximum atomic E-state index is 12.8. The summed E-state index contributed by atoms with van der Waals surface area (Å²) in [6.45, 7) is 3.07. The lowest BCUT2D eigenvalue weighted by Gasteiger charge is -2.36. The highest BCUT2D eigenvalue weighted by atomic mass is 16.2. The number of para-hydroxylation sites is 1. The molecule has 1 heterocycles. The van der Waals surface area contributed by atoms with E-state index in [1.807, 2.05) is 18.2 Å². The van der Waals surface area contributed by atoms with Gasteiger partial charge in [-0.3, -0.25) is 19.1 Å². The van der Waals surface area contributed by atoms with Gasteiger partial charge in [0.1, 0.15) is 5.54 Å². The summed E-state index contributed by atoms with van der Waals surface area (Å²) in [4.78, 5) is 37.5. The van der Waals surface area contributed by atoms with Crippen LogP contribution in [0.1, 0.15) is 58.3 Å². The van der Waals surface area contributed by atoms with Crippen molar-refractivity contribution in [3.05, 3.63) is 40.7 Å². The number of hydrogen-bond acceptors (Lipinski definition) is 4. The van der Waals surface area contributed by atoms with Crippen molar-refractivity contribution >= 4 is 22.7 Å². The monoisotopic (exact) mass is 398 g/mol. The molecular weight excluding hydrogens is 368 g/mol. The predicted octanol–water partition coefficient (Wildman–Crippen LogP) is 2.52. The van der Waals surface area contributed by atoms with Gasteiger partial charge in [-0.05, 0) is 31.4 Å². The smallest absolute Gasteiger partial charge is 0.245 e. The first-order valence-corrected chi connectivity index (χ1v) is 10.6. The Bertz CT molecular complexity index is 916. The summed E-state index contributed by atoms with van der Waals surface area (Å²) in [5.74, 6) is -0.229. The Morgan fingerprint density at radius 3 is 2.69 bits per heavy atom. The molecule has 1 aromatic carbocycles. The van der Waals surface area contributed by atoms with Crippen LogP contribution >= 0.6 is 0 Å². The van der Waals surface area contributed by atoms with Crippen molar-refractivity contribution in [2.24, 2.45) is 0 Å². The molecule has 1 aliphatic carbocycles. The van der Waals surface area contributed by atoms with Crippen LogP contribution in [0.15, 0.2) is 35.3 Å². The van der Waals surface area contributed by atoms with Crippen LogP contribution in [0.4, 0.5) is 0 Å². The second-order valence-electron chi connectivity index (χ2n) is 7.80. The van der Waals surface area contributed by atoms with E-state index in [0.29, 0.717) is 36.8 Å². The van der Waals surface area contributed by atoms with E-state index in [9.17, 15) is 14.4 Å². The molecular formula is C22H30N4O3. The number of aromatic nitrogens is 2. The number of unbranched alkanes of at least 4 members (excludes halogenated alkanes) is 1. The van der Waals surface area contributed by atoms with Crippen LogP contribution < -0.4 is 16.1 Å². The first-order valence-electron chi connectivity index (χ1n) is 10.6. The molecule has 0 aliphatic heterocycles. The molecule has 0 radical (unpaired) electrons. The van der Waals surface area contributed by atoms with E-state index in [4.69, 9.17) is 0 Å². The number of hydrogen-bond donors (Lipinski definition) is 2. The maximum absolute atomic E-state index is 12.8. The van der Waals surface area contributed by atoms with E-state index in [0.717, 1.165) is 32.1 Å². The highest BCUT2D eigenvalue weighted by Crippen LogP contribution is 2.28. The third-order valence-electron chi connectivity index (χ3n) is 5.65. The average Bonchev–Trinajstić information content (AvgIpc) is 2.74. The Morgan fingerprint density at radius 2 is 1.93 bits per heavy atom. The minimum Gasteiger partial charge on any atom is -0.354 e. The fourth-order valence-electron chi connectivity index (χ4n) is 3.99. The van der Waals surface area contributed by atoms with Crippen molar-refractivity contribution in [2.45, 2.75) is 70.4 Å². The van der Waals surface area contributed by atoms with Crippen molar-refractivity contribution in [2.75, 3.05) is 6.54 Å². The Labute approximate surface area is 170 Å². The number of aryl methyl sites for hydroxylation is 1. The molecule has 1 aromatic heterocycles. The highest BCUT2D eigenvalue weighted by molar-refractivity contribution is 5.91. The van der Waals surface area contributed by atoms with Gasteiger partial charge in [0.25, 0.3) is 0 Å². The second-order valence-corrected chi connectivity index (χ2v) is 7.80. The number of benzene rings is 1. The molecule has 1 fully saturated rings. The number of carbonyl (C=O) groups is 2. The van der Waals surface area contributed by atoms with Gasteiger partial charge in [-0.25, -0.2) is 0 Å². The lowest BCUT2D eigenvalue weighted by molar-refractivity contribution is -0.135. The van der Waals surface area contributed by atoms with Crippen LogP contribution in [0.25, 0.3) is 10.9 Å². The molecule has 1 saturated carbocycles. The molecule has 2 aromatic rings. The van der Waals surface area contributed by atoms with Gasteiger partial charge in [0.2, 0.25) is 17.2 Å². The van der Waals surface area contributed by atoms with Crippen LogP contribution in [0, 0.1) is 0 Å². The predicted molar refractivity (Wildman–Crippen MR) is 112 cm³/mol. The van der Waals surface area contributed by atoms with Gasteiger partial charge in [-0.1, -0.05) is 44.7 Å². The van der Waals surface area contributed by atoms with Gasteiger partial charge >= 0.3 is 0 Å². The summed E-state index contributed by atoms with van der Waals surface area (Å²) in [6, 6.07) is 7.24. The van der Waals surface area contributed by atoms with Crippen molar-refractivity contribution in [1.82, 2.24) is 20.4 Å². The Kier molecular flexibility index (Phi) is 7.01. The van der Waals surface area contributed by atoms with Gasteiger partial charge in [0.05, 0.1) is 18.3 Å². The number of rotatable bonds is 8. The summed E-state index contributed by atoms with van der Waals surface area (Å²) in [5, 5.41) is 10.8. The molecule has 29 heavy (non-hydrogen) atoms. The van der Waals surface area contributed by atoms with Crippen LogP contribution in [-0.2, 0) is 16.1 Å². The summed E-state index contributed by atoms with van der Waals surface area (Å²) < 4.78 is 1.67.